The van der Waals surface area contributed by atoms with Crippen molar-refractivity contribution in [1.82, 2.24) is 19.6 Å². The molecule has 1 saturated heterocycles. The summed E-state index contributed by atoms with van der Waals surface area (Å²) in [5.41, 5.74) is 2.12. The summed E-state index contributed by atoms with van der Waals surface area (Å²) < 4.78 is 6.92. The lowest BCUT2D eigenvalue weighted by Gasteiger charge is -2.34. The second-order valence-electron chi connectivity index (χ2n) is 7.20. The van der Waals surface area contributed by atoms with E-state index in [1.165, 1.54) is 6.26 Å². The molecule has 31 heavy (non-hydrogen) atoms. The van der Waals surface area contributed by atoms with E-state index < -0.39 is 0 Å². The van der Waals surface area contributed by atoms with Gasteiger partial charge in [0.05, 0.1) is 16.8 Å². The Kier molecular flexibility index (Phi) is 5.13. The summed E-state index contributed by atoms with van der Waals surface area (Å²) in [5.74, 6) is 0.0817. The maximum absolute atomic E-state index is 13.4. The normalized spacial score (nSPS) is 14.1. The van der Waals surface area contributed by atoms with Gasteiger partial charge in [0.1, 0.15) is 11.4 Å². The van der Waals surface area contributed by atoms with Gasteiger partial charge in [-0.2, -0.15) is 5.10 Å². The zero-order valence-electron chi connectivity index (χ0n) is 16.7. The van der Waals surface area contributed by atoms with E-state index in [0.717, 1.165) is 16.3 Å². The predicted molar refractivity (Wildman–Crippen MR) is 117 cm³/mol. The zero-order valence-corrected chi connectivity index (χ0v) is 17.5. The number of rotatable bonds is 4. The van der Waals surface area contributed by atoms with Crippen LogP contribution in [0.2, 0.25) is 0 Å². The first-order valence-electron chi connectivity index (χ1n) is 10.0. The minimum Gasteiger partial charge on any atom is -0.459 e. The van der Waals surface area contributed by atoms with E-state index in [-0.39, 0.29) is 11.8 Å². The third-order valence-corrected chi connectivity index (χ3v) is 6.18. The Hall–Kier alpha value is -3.65. The number of nitrogens with zero attached hydrogens (tertiary/aromatic N) is 4. The highest BCUT2D eigenvalue weighted by atomic mass is 32.1. The highest BCUT2D eigenvalue weighted by molar-refractivity contribution is 7.13. The number of thiophene rings is 1. The summed E-state index contributed by atoms with van der Waals surface area (Å²) in [4.78, 5) is 30.4. The van der Waals surface area contributed by atoms with Crippen molar-refractivity contribution in [1.29, 1.82) is 0 Å². The van der Waals surface area contributed by atoms with Crippen molar-refractivity contribution in [2.75, 3.05) is 26.2 Å². The molecule has 1 aromatic carbocycles. The van der Waals surface area contributed by atoms with Crippen molar-refractivity contribution in [3.8, 4) is 16.3 Å². The second kappa shape index (κ2) is 8.23. The molecule has 1 fully saturated rings. The lowest BCUT2D eigenvalue weighted by atomic mass is 10.2. The van der Waals surface area contributed by atoms with E-state index in [9.17, 15) is 9.59 Å². The molecule has 8 heteroatoms. The molecule has 0 bridgehead atoms. The largest absolute Gasteiger partial charge is 0.459 e. The van der Waals surface area contributed by atoms with E-state index in [4.69, 9.17) is 9.52 Å². The summed E-state index contributed by atoms with van der Waals surface area (Å²) in [6.07, 6.45) is 1.49. The number of benzene rings is 1. The molecule has 0 atom stereocenters. The smallest absolute Gasteiger partial charge is 0.289 e. The van der Waals surface area contributed by atoms with Crippen molar-refractivity contribution < 1.29 is 14.0 Å². The van der Waals surface area contributed by atoms with Crippen LogP contribution < -0.4 is 0 Å². The highest BCUT2D eigenvalue weighted by Crippen LogP contribution is 2.26. The van der Waals surface area contributed by atoms with Gasteiger partial charge in [-0.3, -0.25) is 9.59 Å². The molecule has 4 aromatic rings. The van der Waals surface area contributed by atoms with Gasteiger partial charge < -0.3 is 14.2 Å². The zero-order chi connectivity index (χ0) is 21.2. The van der Waals surface area contributed by atoms with Gasteiger partial charge in [-0.25, -0.2) is 4.68 Å². The van der Waals surface area contributed by atoms with Gasteiger partial charge in [-0.1, -0.05) is 24.3 Å². The van der Waals surface area contributed by atoms with E-state index in [1.54, 1.807) is 38.0 Å². The lowest BCUT2D eigenvalue weighted by molar-refractivity contribution is 0.0513. The van der Waals surface area contributed by atoms with E-state index in [0.29, 0.717) is 37.6 Å². The minimum absolute atomic E-state index is 0.0933. The van der Waals surface area contributed by atoms with Gasteiger partial charge in [0.25, 0.3) is 11.8 Å². The molecule has 1 aliphatic rings. The Labute approximate surface area is 183 Å². The Morgan fingerprint density at radius 3 is 2.26 bits per heavy atom. The van der Waals surface area contributed by atoms with E-state index in [1.807, 2.05) is 53.9 Å². The van der Waals surface area contributed by atoms with Gasteiger partial charge in [-0.15, -0.1) is 11.3 Å². The quantitative estimate of drug-likeness (QED) is 0.492. The maximum atomic E-state index is 13.4. The molecule has 0 unspecified atom stereocenters. The summed E-state index contributed by atoms with van der Waals surface area (Å²) in [5, 5.41) is 6.71. The van der Waals surface area contributed by atoms with Crippen molar-refractivity contribution in [2.45, 2.75) is 0 Å². The van der Waals surface area contributed by atoms with Crippen LogP contribution in [-0.2, 0) is 0 Å². The summed E-state index contributed by atoms with van der Waals surface area (Å²) in [7, 11) is 0. The van der Waals surface area contributed by atoms with Crippen molar-refractivity contribution >= 4 is 23.2 Å². The van der Waals surface area contributed by atoms with Crippen LogP contribution >= 0.6 is 11.3 Å². The molecule has 0 N–H and O–H groups in total. The van der Waals surface area contributed by atoms with Crippen LogP contribution in [0.1, 0.15) is 21.0 Å². The average molecular weight is 433 g/mol. The third-order valence-electron chi connectivity index (χ3n) is 5.29. The molecule has 5 rings (SSSR count). The molecular formula is C23H20N4O3S. The Morgan fingerprint density at radius 2 is 1.61 bits per heavy atom. The summed E-state index contributed by atoms with van der Waals surface area (Å²) in [6, 6.07) is 18.8. The Bertz CT molecular complexity index is 1180. The van der Waals surface area contributed by atoms with Crippen LogP contribution in [0.3, 0.4) is 0 Å². The van der Waals surface area contributed by atoms with Crippen LogP contribution in [0.5, 0.6) is 0 Å². The molecule has 7 nitrogen and oxygen atoms in total. The fourth-order valence-electron chi connectivity index (χ4n) is 3.67. The minimum atomic E-state index is -0.147. The fourth-order valence-corrected chi connectivity index (χ4v) is 4.36. The first-order chi connectivity index (χ1) is 15.2. The van der Waals surface area contributed by atoms with Crippen molar-refractivity contribution in [2.24, 2.45) is 0 Å². The topological polar surface area (TPSA) is 71.6 Å². The predicted octanol–water partition coefficient (Wildman–Crippen LogP) is 3.79. The number of para-hydroxylation sites is 1. The number of hydrogen-bond acceptors (Lipinski definition) is 5. The molecule has 156 valence electrons. The van der Waals surface area contributed by atoms with Crippen LogP contribution in [-0.4, -0.2) is 57.6 Å². The molecule has 1 aliphatic heterocycles. The lowest BCUT2D eigenvalue weighted by Crippen LogP contribution is -2.50. The molecule has 4 heterocycles. The number of aromatic nitrogens is 2. The van der Waals surface area contributed by atoms with Gasteiger partial charge in [-0.05, 0) is 41.8 Å². The van der Waals surface area contributed by atoms with Gasteiger partial charge in [0, 0.05) is 26.2 Å². The molecule has 0 radical (unpaired) electrons. The number of carbonyl (C=O) groups is 2. The molecule has 0 saturated carbocycles. The third kappa shape index (κ3) is 3.77. The van der Waals surface area contributed by atoms with Crippen LogP contribution in [0.4, 0.5) is 0 Å². The number of carbonyl (C=O) groups excluding carboxylic acids is 2. The van der Waals surface area contributed by atoms with Crippen LogP contribution in [0.25, 0.3) is 16.3 Å². The van der Waals surface area contributed by atoms with Crippen LogP contribution in [0, 0.1) is 0 Å². The van der Waals surface area contributed by atoms with E-state index in [2.05, 4.69) is 0 Å². The first kappa shape index (κ1) is 19.3. The molecule has 3 aromatic heterocycles. The van der Waals surface area contributed by atoms with Crippen LogP contribution in [0.15, 0.2) is 76.7 Å². The summed E-state index contributed by atoms with van der Waals surface area (Å²) in [6.45, 7) is 1.84. The molecule has 2 amide bonds. The average Bonchev–Trinajstić information content (AvgIpc) is 3.60. The van der Waals surface area contributed by atoms with E-state index >= 15 is 0 Å². The summed E-state index contributed by atoms with van der Waals surface area (Å²) >= 11 is 1.59. The Morgan fingerprint density at radius 1 is 0.871 bits per heavy atom. The Balaban J connectivity index is 1.38. The number of amides is 2. The van der Waals surface area contributed by atoms with Gasteiger partial charge in [0.2, 0.25) is 0 Å². The maximum Gasteiger partial charge on any atom is 0.289 e. The number of piperazine rings is 1. The molecule has 0 aliphatic carbocycles. The molecular weight excluding hydrogens is 412 g/mol. The standard InChI is InChI=1S/C23H20N4O3S/c28-22(25-10-12-26(13-11-25)23(29)20-8-4-14-30-20)19-16-18(21-9-5-15-31-21)24-27(19)17-6-2-1-3-7-17/h1-9,14-16H,10-13H2. The number of hydrogen-bond donors (Lipinski definition) is 0. The monoisotopic (exact) mass is 432 g/mol. The first-order valence-corrected chi connectivity index (χ1v) is 10.9. The van der Waals surface area contributed by atoms with Crippen molar-refractivity contribution in [3.63, 3.8) is 0 Å². The van der Waals surface area contributed by atoms with Gasteiger partial charge >= 0.3 is 0 Å². The molecule has 0 spiro atoms. The fraction of sp³-hybridized carbons (Fsp3) is 0.174. The second-order valence-corrected chi connectivity index (χ2v) is 8.15. The van der Waals surface area contributed by atoms with Gasteiger partial charge in [0.15, 0.2) is 5.76 Å². The highest BCUT2D eigenvalue weighted by Gasteiger charge is 2.29. The number of furan rings is 1. The SMILES string of the molecule is O=C(c1ccco1)N1CCN(C(=O)c2cc(-c3cccs3)nn2-c2ccccc2)CC1. The van der Waals surface area contributed by atoms with Crippen molar-refractivity contribution in [3.05, 3.63) is 83.8 Å².